The summed E-state index contributed by atoms with van der Waals surface area (Å²) >= 11 is 0. The second-order valence-corrected chi connectivity index (χ2v) is 13.3. The van der Waals surface area contributed by atoms with E-state index >= 15 is 0 Å². The fourth-order valence-electron chi connectivity index (χ4n) is 4.85. The number of ether oxygens (including phenoxy) is 2. The van der Waals surface area contributed by atoms with E-state index in [1.54, 1.807) is 65.8 Å². The molecule has 0 saturated heterocycles. The molecule has 0 fully saturated rings. The summed E-state index contributed by atoms with van der Waals surface area (Å²) in [7, 11) is 1.48. The molecule has 0 aliphatic heterocycles. The Labute approximate surface area is 278 Å². The number of nitrogens with zero attached hydrogens (tertiary/aromatic N) is 1. The molecule has 47 heavy (non-hydrogen) atoms. The van der Waals surface area contributed by atoms with Gasteiger partial charge >= 0.3 is 12.1 Å². The predicted octanol–water partition coefficient (Wildman–Crippen LogP) is 5.37. The second kappa shape index (κ2) is 15.9. The minimum absolute atomic E-state index is 0.141. The Morgan fingerprint density at radius 2 is 1.21 bits per heavy atom. The standard InChI is InChI=1S/C38H45N3O6/c1-9-26-20-22-29(23-21-26)32(33(42)39-31(35(44)46-37(2,3)4)25-28-18-14-11-15-19-28)41(8)34(43)30(24-27-16-12-10-13-17-27)40-36(45)47-38(5,6)7/h1,10-23,30-32H,24-25H2,2-8H3,(H,39,42)(H,40,45). The summed E-state index contributed by atoms with van der Waals surface area (Å²) in [5, 5.41) is 5.55. The van der Waals surface area contributed by atoms with Crippen molar-refractivity contribution in [3.63, 3.8) is 0 Å². The number of rotatable bonds is 11. The Bertz CT molecular complexity index is 1550. The van der Waals surface area contributed by atoms with Crippen molar-refractivity contribution in [3.8, 4) is 12.3 Å². The highest BCUT2D eigenvalue weighted by molar-refractivity contribution is 5.94. The number of amides is 3. The van der Waals surface area contributed by atoms with Crippen molar-refractivity contribution in [2.75, 3.05) is 7.05 Å². The van der Waals surface area contributed by atoms with Crippen molar-refractivity contribution in [2.24, 2.45) is 0 Å². The monoisotopic (exact) mass is 639 g/mol. The van der Waals surface area contributed by atoms with E-state index in [1.807, 2.05) is 60.7 Å². The zero-order valence-corrected chi connectivity index (χ0v) is 28.2. The summed E-state index contributed by atoms with van der Waals surface area (Å²) in [5.41, 5.74) is 1.05. The Morgan fingerprint density at radius 3 is 1.68 bits per heavy atom. The Hall–Kier alpha value is -5.10. The quantitative estimate of drug-likeness (QED) is 0.215. The van der Waals surface area contributed by atoms with E-state index in [-0.39, 0.29) is 12.8 Å². The van der Waals surface area contributed by atoms with Crippen LogP contribution in [0.4, 0.5) is 4.79 Å². The van der Waals surface area contributed by atoms with Gasteiger partial charge in [-0.3, -0.25) is 9.59 Å². The highest BCUT2D eigenvalue weighted by Crippen LogP contribution is 2.24. The average Bonchev–Trinajstić information content (AvgIpc) is 2.99. The Balaban J connectivity index is 2.01. The molecule has 3 unspecified atom stereocenters. The minimum Gasteiger partial charge on any atom is -0.458 e. The number of terminal acetylenes is 1. The molecular formula is C38H45N3O6. The van der Waals surface area contributed by atoms with Crippen LogP contribution in [0.3, 0.4) is 0 Å². The van der Waals surface area contributed by atoms with Gasteiger partial charge in [0.25, 0.3) is 0 Å². The second-order valence-electron chi connectivity index (χ2n) is 13.3. The van der Waals surface area contributed by atoms with Gasteiger partial charge in [0.1, 0.15) is 29.3 Å². The molecule has 3 amide bonds. The molecule has 3 aromatic rings. The van der Waals surface area contributed by atoms with E-state index < -0.39 is 53.2 Å². The molecule has 0 heterocycles. The molecule has 0 aliphatic rings. The molecule has 0 bridgehead atoms. The number of esters is 1. The van der Waals surface area contributed by atoms with Crippen molar-refractivity contribution in [3.05, 3.63) is 107 Å². The molecular weight excluding hydrogens is 594 g/mol. The van der Waals surface area contributed by atoms with Crippen LogP contribution in [-0.2, 0) is 36.7 Å². The number of carbonyl (C=O) groups is 4. The first-order chi connectivity index (χ1) is 22.1. The number of carbonyl (C=O) groups excluding carboxylic acids is 4. The molecule has 9 nitrogen and oxygen atoms in total. The molecule has 2 N–H and O–H groups in total. The number of hydrogen-bond acceptors (Lipinski definition) is 6. The maximum Gasteiger partial charge on any atom is 0.408 e. The third kappa shape index (κ3) is 11.6. The molecule has 0 radical (unpaired) electrons. The summed E-state index contributed by atoms with van der Waals surface area (Å²) in [6.45, 7) is 10.4. The van der Waals surface area contributed by atoms with Gasteiger partial charge in [0.15, 0.2) is 0 Å². The van der Waals surface area contributed by atoms with Gasteiger partial charge in [0.05, 0.1) is 0 Å². The van der Waals surface area contributed by atoms with Gasteiger partial charge in [0.2, 0.25) is 11.8 Å². The summed E-state index contributed by atoms with van der Waals surface area (Å²) in [6.07, 6.45) is 5.11. The lowest BCUT2D eigenvalue weighted by Gasteiger charge is -2.33. The van der Waals surface area contributed by atoms with Crippen LogP contribution in [0.1, 0.15) is 69.8 Å². The van der Waals surface area contributed by atoms with Crippen LogP contribution < -0.4 is 10.6 Å². The van der Waals surface area contributed by atoms with E-state index in [0.29, 0.717) is 11.1 Å². The topological polar surface area (TPSA) is 114 Å². The van der Waals surface area contributed by atoms with Gasteiger partial charge in [-0.15, -0.1) is 6.42 Å². The number of nitrogens with one attached hydrogen (secondary N) is 2. The van der Waals surface area contributed by atoms with Gasteiger partial charge in [-0.25, -0.2) is 9.59 Å². The maximum absolute atomic E-state index is 14.2. The number of alkyl carbamates (subject to hydrolysis) is 1. The fraction of sp³-hybridized carbons (Fsp3) is 0.368. The molecule has 0 spiro atoms. The average molecular weight is 640 g/mol. The lowest BCUT2D eigenvalue weighted by molar-refractivity contribution is -0.159. The van der Waals surface area contributed by atoms with E-state index in [1.165, 1.54) is 11.9 Å². The van der Waals surface area contributed by atoms with Crippen LogP contribution in [0.25, 0.3) is 0 Å². The highest BCUT2D eigenvalue weighted by atomic mass is 16.6. The van der Waals surface area contributed by atoms with Crippen molar-refractivity contribution >= 4 is 23.9 Å². The number of hydrogen-bond donors (Lipinski definition) is 2. The number of likely N-dealkylation sites (N-methyl/N-ethyl adjacent to an activating group) is 1. The predicted molar refractivity (Wildman–Crippen MR) is 181 cm³/mol. The van der Waals surface area contributed by atoms with E-state index in [0.717, 1.165) is 11.1 Å². The fourth-order valence-corrected chi connectivity index (χ4v) is 4.85. The molecule has 3 atom stereocenters. The van der Waals surface area contributed by atoms with Gasteiger partial charge in [-0.05, 0) is 70.4 Å². The Kier molecular flexibility index (Phi) is 12.3. The largest absolute Gasteiger partial charge is 0.458 e. The lowest BCUT2D eigenvalue weighted by Crippen LogP contribution is -2.54. The summed E-state index contributed by atoms with van der Waals surface area (Å²) in [5.74, 6) is 0.782. The zero-order chi connectivity index (χ0) is 34.8. The summed E-state index contributed by atoms with van der Waals surface area (Å²) in [6, 6.07) is 21.8. The first-order valence-electron chi connectivity index (χ1n) is 15.5. The number of benzene rings is 3. The zero-order valence-electron chi connectivity index (χ0n) is 28.2. The molecule has 0 aromatic heterocycles. The van der Waals surface area contributed by atoms with Crippen LogP contribution in [0.5, 0.6) is 0 Å². The third-order valence-corrected chi connectivity index (χ3v) is 6.94. The molecule has 248 valence electrons. The van der Waals surface area contributed by atoms with Crippen LogP contribution in [0, 0.1) is 12.3 Å². The van der Waals surface area contributed by atoms with Crippen LogP contribution in [-0.4, -0.2) is 59.1 Å². The van der Waals surface area contributed by atoms with Gasteiger partial charge in [0, 0.05) is 25.5 Å². The van der Waals surface area contributed by atoms with E-state index in [4.69, 9.17) is 15.9 Å². The van der Waals surface area contributed by atoms with E-state index in [2.05, 4.69) is 16.6 Å². The SMILES string of the molecule is C#Cc1ccc(C(C(=O)NC(Cc2ccccc2)C(=O)OC(C)(C)C)N(C)C(=O)C(Cc2ccccc2)NC(=O)OC(C)(C)C)cc1. The smallest absolute Gasteiger partial charge is 0.408 e. The molecule has 0 aliphatic carbocycles. The van der Waals surface area contributed by atoms with E-state index in [9.17, 15) is 19.2 Å². The first kappa shape index (κ1) is 36.4. The highest BCUT2D eigenvalue weighted by Gasteiger charge is 2.36. The van der Waals surface area contributed by atoms with Crippen molar-refractivity contribution in [1.82, 2.24) is 15.5 Å². The van der Waals surface area contributed by atoms with Crippen molar-refractivity contribution in [2.45, 2.75) is 83.7 Å². The molecule has 3 aromatic carbocycles. The molecule has 9 heteroatoms. The molecule has 0 saturated carbocycles. The van der Waals surface area contributed by atoms with Gasteiger partial charge < -0.3 is 25.0 Å². The normalized spacial score (nSPS) is 13.2. The van der Waals surface area contributed by atoms with Gasteiger partial charge in [-0.1, -0.05) is 78.7 Å². The summed E-state index contributed by atoms with van der Waals surface area (Å²) in [4.78, 5) is 56.0. The van der Waals surface area contributed by atoms with Crippen molar-refractivity contribution < 1.29 is 28.7 Å². The summed E-state index contributed by atoms with van der Waals surface area (Å²) < 4.78 is 11.1. The van der Waals surface area contributed by atoms with Gasteiger partial charge in [-0.2, -0.15) is 0 Å². The maximum atomic E-state index is 14.2. The van der Waals surface area contributed by atoms with Crippen LogP contribution in [0.15, 0.2) is 84.9 Å². The van der Waals surface area contributed by atoms with Crippen LogP contribution >= 0.6 is 0 Å². The molecule has 3 rings (SSSR count). The van der Waals surface area contributed by atoms with Crippen LogP contribution in [0.2, 0.25) is 0 Å². The van der Waals surface area contributed by atoms with Crippen molar-refractivity contribution in [1.29, 1.82) is 0 Å². The minimum atomic E-state index is -1.20. The Morgan fingerprint density at radius 1 is 0.723 bits per heavy atom. The lowest BCUT2D eigenvalue weighted by atomic mass is 9.99. The third-order valence-electron chi connectivity index (χ3n) is 6.94. The first-order valence-corrected chi connectivity index (χ1v) is 15.5.